The van der Waals surface area contributed by atoms with Gasteiger partial charge in [-0.1, -0.05) is 0 Å². The van der Waals surface area contributed by atoms with Crippen molar-refractivity contribution in [3.63, 3.8) is 0 Å². The van der Waals surface area contributed by atoms with E-state index in [0.29, 0.717) is 26.1 Å². The Morgan fingerprint density at radius 2 is 2.14 bits per heavy atom. The number of amides is 1. The van der Waals surface area contributed by atoms with Gasteiger partial charge >= 0.3 is 0 Å². The van der Waals surface area contributed by atoms with Crippen LogP contribution >= 0.6 is 0 Å². The SMILES string of the molecule is CNC(=O)CCN(CCO)CCOC. The van der Waals surface area contributed by atoms with Gasteiger partial charge < -0.3 is 15.2 Å². The fourth-order valence-electron chi connectivity index (χ4n) is 1.08. The lowest BCUT2D eigenvalue weighted by atomic mass is 10.3. The fourth-order valence-corrected chi connectivity index (χ4v) is 1.08. The summed E-state index contributed by atoms with van der Waals surface area (Å²) < 4.78 is 4.93. The van der Waals surface area contributed by atoms with Gasteiger partial charge in [0.15, 0.2) is 0 Å². The van der Waals surface area contributed by atoms with Gasteiger partial charge in [0.25, 0.3) is 0 Å². The maximum Gasteiger partial charge on any atom is 0.221 e. The first kappa shape index (κ1) is 13.4. The highest BCUT2D eigenvalue weighted by atomic mass is 16.5. The topological polar surface area (TPSA) is 61.8 Å². The number of rotatable bonds is 8. The number of hydrogen-bond acceptors (Lipinski definition) is 4. The van der Waals surface area contributed by atoms with Gasteiger partial charge in [-0.15, -0.1) is 0 Å². The smallest absolute Gasteiger partial charge is 0.221 e. The maximum absolute atomic E-state index is 11.0. The molecule has 5 heteroatoms. The molecule has 14 heavy (non-hydrogen) atoms. The molecule has 0 aliphatic heterocycles. The molecule has 0 aliphatic carbocycles. The van der Waals surface area contributed by atoms with E-state index in [1.807, 2.05) is 4.90 Å². The first-order valence-electron chi connectivity index (χ1n) is 4.77. The van der Waals surface area contributed by atoms with Gasteiger partial charge in [-0.3, -0.25) is 9.69 Å². The second-order valence-corrected chi connectivity index (χ2v) is 2.98. The van der Waals surface area contributed by atoms with Crippen molar-refractivity contribution < 1.29 is 14.6 Å². The Bertz CT molecular complexity index is 153. The minimum Gasteiger partial charge on any atom is -0.395 e. The Labute approximate surface area is 85.0 Å². The minimum absolute atomic E-state index is 0.0188. The van der Waals surface area contributed by atoms with Crippen LogP contribution in [-0.2, 0) is 9.53 Å². The van der Waals surface area contributed by atoms with Crippen molar-refractivity contribution in [2.75, 3.05) is 47.0 Å². The number of aliphatic hydroxyl groups excluding tert-OH is 1. The highest BCUT2D eigenvalue weighted by Gasteiger charge is 2.06. The number of aliphatic hydroxyl groups is 1. The number of carbonyl (C=O) groups is 1. The molecule has 0 unspecified atom stereocenters. The molecule has 0 heterocycles. The van der Waals surface area contributed by atoms with Gasteiger partial charge in [0.05, 0.1) is 13.2 Å². The summed E-state index contributed by atoms with van der Waals surface area (Å²) in [5.74, 6) is 0.0188. The zero-order chi connectivity index (χ0) is 10.8. The number of ether oxygens (including phenoxy) is 1. The Balaban J connectivity index is 3.66. The molecule has 0 aromatic carbocycles. The van der Waals surface area contributed by atoms with Crippen LogP contribution in [0.2, 0.25) is 0 Å². The van der Waals surface area contributed by atoms with Gasteiger partial charge in [0, 0.05) is 40.2 Å². The highest BCUT2D eigenvalue weighted by molar-refractivity contribution is 5.75. The van der Waals surface area contributed by atoms with E-state index in [4.69, 9.17) is 9.84 Å². The van der Waals surface area contributed by atoms with Crippen LogP contribution in [0.15, 0.2) is 0 Å². The van der Waals surface area contributed by atoms with E-state index in [-0.39, 0.29) is 12.5 Å². The molecule has 0 aromatic rings. The van der Waals surface area contributed by atoms with Gasteiger partial charge in [-0.2, -0.15) is 0 Å². The van der Waals surface area contributed by atoms with Crippen LogP contribution < -0.4 is 5.32 Å². The molecule has 0 atom stereocenters. The van der Waals surface area contributed by atoms with Gasteiger partial charge in [0.1, 0.15) is 0 Å². The highest BCUT2D eigenvalue weighted by Crippen LogP contribution is 1.91. The molecular weight excluding hydrogens is 184 g/mol. The average Bonchev–Trinajstić information content (AvgIpc) is 2.21. The lowest BCUT2D eigenvalue weighted by Crippen LogP contribution is -2.34. The second kappa shape index (κ2) is 8.93. The standard InChI is InChI=1S/C9H20N2O3/c1-10-9(13)3-4-11(5-7-12)6-8-14-2/h12H,3-8H2,1-2H3,(H,10,13). The van der Waals surface area contributed by atoms with Crippen molar-refractivity contribution in [2.24, 2.45) is 0 Å². The number of methoxy groups -OCH3 is 1. The average molecular weight is 204 g/mol. The van der Waals surface area contributed by atoms with Gasteiger partial charge in [0.2, 0.25) is 5.91 Å². The van der Waals surface area contributed by atoms with Crippen LogP contribution in [0.5, 0.6) is 0 Å². The zero-order valence-corrected chi connectivity index (χ0v) is 8.95. The number of nitrogens with one attached hydrogen (secondary N) is 1. The lowest BCUT2D eigenvalue weighted by Gasteiger charge is -2.20. The van der Waals surface area contributed by atoms with E-state index in [1.54, 1.807) is 14.2 Å². The normalized spacial score (nSPS) is 10.6. The first-order chi connectivity index (χ1) is 6.74. The molecule has 0 radical (unpaired) electrons. The molecule has 0 aliphatic rings. The fraction of sp³-hybridized carbons (Fsp3) is 0.889. The Morgan fingerprint density at radius 1 is 1.43 bits per heavy atom. The molecular formula is C9H20N2O3. The molecule has 0 fully saturated rings. The third-order valence-electron chi connectivity index (χ3n) is 1.96. The minimum atomic E-state index is 0.0188. The van der Waals surface area contributed by atoms with E-state index >= 15 is 0 Å². The molecule has 0 saturated carbocycles. The van der Waals surface area contributed by atoms with Crippen molar-refractivity contribution in [1.82, 2.24) is 10.2 Å². The van der Waals surface area contributed by atoms with E-state index in [9.17, 15) is 4.79 Å². The zero-order valence-electron chi connectivity index (χ0n) is 8.95. The molecule has 0 saturated heterocycles. The summed E-state index contributed by atoms with van der Waals surface area (Å²) in [6.07, 6.45) is 0.459. The van der Waals surface area contributed by atoms with Crippen LogP contribution in [-0.4, -0.2) is 62.9 Å². The van der Waals surface area contributed by atoms with E-state index in [2.05, 4.69) is 5.32 Å². The third kappa shape index (κ3) is 6.82. The number of carbonyl (C=O) groups excluding carboxylic acids is 1. The van der Waals surface area contributed by atoms with Crippen LogP contribution in [0, 0.1) is 0 Å². The van der Waals surface area contributed by atoms with Gasteiger partial charge in [-0.25, -0.2) is 0 Å². The summed E-state index contributed by atoms with van der Waals surface area (Å²) in [7, 11) is 3.25. The van der Waals surface area contributed by atoms with E-state index in [1.165, 1.54) is 0 Å². The van der Waals surface area contributed by atoms with E-state index in [0.717, 1.165) is 6.54 Å². The second-order valence-electron chi connectivity index (χ2n) is 2.98. The predicted molar refractivity (Wildman–Crippen MR) is 54.1 cm³/mol. The van der Waals surface area contributed by atoms with E-state index < -0.39 is 0 Å². The maximum atomic E-state index is 11.0. The van der Waals surface area contributed by atoms with Crippen molar-refractivity contribution in [3.05, 3.63) is 0 Å². The van der Waals surface area contributed by atoms with Crippen molar-refractivity contribution in [3.8, 4) is 0 Å². The quantitative estimate of drug-likeness (QED) is 0.536. The Morgan fingerprint density at radius 3 is 2.64 bits per heavy atom. The largest absolute Gasteiger partial charge is 0.395 e. The summed E-state index contributed by atoms with van der Waals surface area (Å²) in [6.45, 7) is 2.71. The number of hydrogen-bond donors (Lipinski definition) is 2. The van der Waals surface area contributed by atoms with Crippen molar-refractivity contribution >= 4 is 5.91 Å². The van der Waals surface area contributed by atoms with Crippen molar-refractivity contribution in [2.45, 2.75) is 6.42 Å². The molecule has 84 valence electrons. The summed E-state index contributed by atoms with van der Waals surface area (Å²) in [5.41, 5.74) is 0. The Kier molecular flexibility index (Phi) is 8.51. The van der Waals surface area contributed by atoms with Gasteiger partial charge in [-0.05, 0) is 0 Å². The van der Waals surface area contributed by atoms with Crippen LogP contribution in [0.1, 0.15) is 6.42 Å². The molecule has 5 nitrogen and oxygen atoms in total. The first-order valence-corrected chi connectivity index (χ1v) is 4.77. The van der Waals surface area contributed by atoms with Crippen LogP contribution in [0.3, 0.4) is 0 Å². The molecule has 1 amide bonds. The van der Waals surface area contributed by atoms with Crippen molar-refractivity contribution in [1.29, 1.82) is 0 Å². The Hall–Kier alpha value is -0.650. The third-order valence-corrected chi connectivity index (χ3v) is 1.96. The molecule has 0 spiro atoms. The van der Waals surface area contributed by atoms with Crippen LogP contribution in [0.25, 0.3) is 0 Å². The molecule has 2 N–H and O–H groups in total. The predicted octanol–water partition coefficient (Wildman–Crippen LogP) is -0.937. The molecule has 0 rings (SSSR count). The molecule has 0 aromatic heterocycles. The monoisotopic (exact) mass is 204 g/mol. The number of nitrogens with zero attached hydrogens (tertiary/aromatic N) is 1. The lowest BCUT2D eigenvalue weighted by molar-refractivity contribution is -0.121. The molecule has 0 bridgehead atoms. The summed E-state index contributed by atoms with van der Waals surface area (Å²) in [4.78, 5) is 13.0. The summed E-state index contributed by atoms with van der Waals surface area (Å²) in [5, 5.41) is 11.3. The summed E-state index contributed by atoms with van der Waals surface area (Å²) >= 11 is 0. The van der Waals surface area contributed by atoms with Crippen LogP contribution in [0.4, 0.5) is 0 Å². The summed E-state index contributed by atoms with van der Waals surface area (Å²) in [6, 6.07) is 0.